The van der Waals surface area contributed by atoms with E-state index in [4.69, 9.17) is 5.26 Å². The molecule has 1 N–H and O–H groups in total. The lowest BCUT2D eigenvalue weighted by Gasteiger charge is -2.09. The molecule has 20 heavy (non-hydrogen) atoms. The van der Waals surface area contributed by atoms with Gasteiger partial charge in [0.25, 0.3) is 5.69 Å². The van der Waals surface area contributed by atoms with Crippen LogP contribution >= 0.6 is 0 Å². The van der Waals surface area contributed by atoms with Gasteiger partial charge in [-0.2, -0.15) is 5.26 Å². The minimum absolute atomic E-state index is 0.0979. The van der Waals surface area contributed by atoms with E-state index in [1.807, 2.05) is 12.1 Å². The van der Waals surface area contributed by atoms with Crippen LogP contribution in [-0.2, 0) is 6.54 Å². The second kappa shape index (κ2) is 5.85. The van der Waals surface area contributed by atoms with E-state index in [1.54, 1.807) is 31.2 Å². The van der Waals surface area contributed by atoms with Gasteiger partial charge in [-0.1, -0.05) is 18.2 Å². The third kappa shape index (κ3) is 2.93. The number of nitro benzene ring substituents is 1. The molecule has 0 fully saturated rings. The molecule has 2 aromatic carbocycles. The smallest absolute Gasteiger partial charge is 0.274 e. The van der Waals surface area contributed by atoms with Gasteiger partial charge in [0.2, 0.25) is 0 Å². The highest BCUT2D eigenvalue weighted by Gasteiger charge is 2.12. The first kappa shape index (κ1) is 13.6. The topological polar surface area (TPSA) is 79.0 Å². The Kier molecular flexibility index (Phi) is 3.96. The fourth-order valence-corrected chi connectivity index (χ4v) is 1.96. The molecule has 0 amide bonds. The molecule has 0 aliphatic heterocycles. The Morgan fingerprint density at radius 2 is 2.05 bits per heavy atom. The second-order valence-corrected chi connectivity index (χ2v) is 4.37. The number of hydrogen-bond acceptors (Lipinski definition) is 4. The molecule has 0 aliphatic rings. The largest absolute Gasteiger partial charge is 0.381 e. The normalized spacial score (nSPS) is 9.80. The molecule has 5 nitrogen and oxygen atoms in total. The summed E-state index contributed by atoms with van der Waals surface area (Å²) in [5.41, 5.74) is 2.98. The quantitative estimate of drug-likeness (QED) is 0.680. The number of benzene rings is 2. The number of anilines is 1. The number of nitriles is 1. The van der Waals surface area contributed by atoms with E-state index in [0.717, 1.165) is 11.3 Å². The standard InChI is InChI=1S/C15H13N3O2/c1-11-14(6-3-7-15(11)18(19)20)17-10-13-5-2-4-12(8-13)9-16/h2-8,17H,10H2,1H3. The number of rotatable bonds is 4. The van der Waals surface area contributed by atoms with Gasteiger partial charge in [-0.15, -0.1) is 0 Å². The third-order valence-corrected chi connectivity index (χ3v) is 3.04. The van der Waals surface area contributed by atoms with Crippen LogP contribution in [0.25, 0.3) is 0 Å². The van der Waals surface area contributed by atoms with Crippen molar-refractivity contribution < 1.29 is 4.92 Å². The molecular formula is C15H13N3O2. The molecule has 0 heterocycles. The summed E-state index contributed by atoms with van der Waals surface area (Å²) in [5, 5.41) is 22.9. The number of nitro groups is 1. The van der Waals surface area contributed by atoms with Gasteiger partial charge in [0, 0.05) is 23.9 Å². The maximum Gasteiger partial charge on any atom is 0.274 e. The molecule has 2 rings (SSSR count). The van der Waals surface area contributed by atoms with Gasteiger partial charge < -0.3 is 5.32 Å². The van der Waals surface area contributed by atoms with Crippen molar-refractivity contribution in [1.82, 2.24) is 0 Å². The Morgan fingerprint density at radius 3 is 2.75 bits per heavy atom. The van der Waals surface area contributed by atoms with E-state index in [9.17, 15) is 10.1 Å². The van der Waals surface area contributed by atoms with Crippen LogP contribution in [-0.4, -0.2) is 4.92 Å². The van der Waals surface area contributed by atoms with Gasteiger partial charge >= 0.3 is 0 Å². The van der Waals surface area contributed by atoms with Crippen molar-refractivity contribution in [2.75, 3.05) is 5.32 Å². The average molecular weight is 267 g/mol. The van der Waals surface area contributed by atoms with Crippen molar-refractivity contribution in [2.45, 2.75) is 13.5 Å². The monoisotopic (exact) mass is 267 g/mol. The van der Waals surface area contributed by atoms with Crippen molar-refractivity contribution in [3.63, 3.8) is 0 Å². The van der Waals surface area contributed by atoms with E-state index in [-0.39, 0.29) is 5.69 Å². The minimum Gasteiger partial charge on any atom is -0.381 e. The molecule has 0 aliphatic carbocycles. The van der Waals surface area contributed by atoms with Crippen molar-refractivity contribution in [1.29, 1.82) is 5.26 Å². The zero-order valence-corrected chi connectivity index (χ0v) is 11.0. The summed E-state index contributed by atoms with van der Waals surface area (Å²) in [6, 6.07) is 14.3. The van der Waals surface area contributed by atoms with Crippen molar-refractivity contribution in [3.8, 4) is 6.07 Å². The molecule has 100 valence electrons. The summed E-state index contributed by atoms with van der Waals surface area (Å²) in [5.74, 6) is 0. The van der Waals surface area contributed by atoms with Gasteiger partial charge in [-0.25, -0.2) is 0 Å². The SMILES string of the molecule is Cc1c(NCc2cccc(C#N)c2)cccc1[N+](=O)[O-]. The summed E-state index contributed by atoms with van der Waals surface area (Å²) >= 11 is 0. The Morgan fingerprint density at radius 1 is 1.30 bits per heavy atom. The Balaban J connectivity index is 2.17. The van der Waals surface area contributed by atoms with Gasteiger partial charge in [0.05, 0.1) is 16.6 Å². The molecule has 0 aromatic heterocycles. The first-order chi connectivity index (χ1) is 9.61. The maximum atomic E-state index is 10.9. The molecule has 2 aromatic rings. The van der Waals surface area contributed by atoms with Gasteiger partial charge in [0.1, 0.15) is 0 Å². The van der Waals surface area contributed by atoms with Gasteiger partial charge in [-0.05, 0) is 30.7 Å². The van der Waals surface area contributed by atoms with E-state index in [0.29, 0.717) is 17.7 Å². The second-order valence-electron chi connectivity index (χ2n) is 4.37. The molecule has 0 spiro atoms. The molecule has 5 heteroatoms. The highest BCUT2D eigenvalue weighted by atomic mass is 16.6. The van der Waals surface area contributed by atoms with Crippen molar-refractivity contribution >= 4 is 11.4 Å². The minimum atomic E-state index is -0.392. The highest BCUT2D eigenvalue weighted by molar-refractivity contribution is 5.59. The van der Waals surface area contributed by atoms with E-state index in [1.165, 1.54) is 6.07 Å². The van der Waals surface area contributed by atoms with Crippen LogP contribution in [0.2, 0.25) is 0 Å². The summed E-state index contributed by atoms with van der Waals surface area (Å²) in [6.45, 7) is 2.23. The van der Waals surface area contributed by atoms with E-state index in [2.05, 4.69) is 11.4 Å². The van der Waals surface area contributed by atoms with Crippen LogP contribution in [0.3, 0.4) is 0 Å². The zero-order chi connectivity index (χ0) is 14.5. The van der Waals surface area contributed by atoms with Gasteiger partial charge in [-0.3, -0.25) is 10.1 Å². The van der Waals surface area contributed by atoms with E-state index < -0.39 is 4.92 Å². The maximum absolute atomic E-state index is 10.9. The number of hydrogen-bond donors (Lipinski definition) is 1. The Labute approximate surface area is 116 Å². The lowest BCUT2D eigenvalue weighted by molar-refractivity contribution is -0.385. The molecule has 0 saturated heterocycles. The van der Waals surface area contributed by atoms with E-state index >= 15 is 0 Å². The highest BCUT2D eigenvalue weighted by Crippen LogP contribution is 2.25. The average Bonchev–Trinajstić information content (AvgIpc) is 2.46. The first-order valence-corrected chi connectivity index (χ1v) is 6.08. The van der Waals surface area contributed by atoms with Crippen LogP contribution in [0.15, 0.2) is 42.5 Å². The van der Waals surface area contributed by atoms with Crippen molar-refractivity contribution in [3.05, 3.63) is 69.3 Å². The predicted octanol–water partition coefficient (Wildman–Crippen LogP) is 3.39. The summed E-state index contributed by atoms with van der Waals surface area (Å²) in [7, 11) is 0. The fourth-order valence-electron chi connectivity index (χ4n) is 1.96. The summed E-state index contributed by atoms with van der Waals surface area (Å²) in [6.07, 6.45) is 0. The van der Waals surface area contributed by atoms with Crippen LogP contribution < -0.4 is 5.32 Å². The van der Waals surface area contributed by atoms with Crippen LogP contribution in [0.5, 0.6) is 0 Å². The molecule has 0 saturated carbocycles. The lowest BCUT2D eigenvalue weighted by Crippen LogP contribution is -2.03. The molecule has 0 atom stereocenters. The lowest BCUT2D eigenvalue weighted by atomic mass is 10.1. The molecular weight excluding hydrogens is 254 g/mol. The summed E-state index contributed by atoms with van der Waals surface area (Å²) < 4.78 is 0. The predicted molar refractivity (Wildman–Crippen MR) is 76.3 cm³/mol. The van der Waals surface area contributed by atoms with Crippen LogP contribution in [0, 0.1) is 28.4 Å². The van der Waals surface area contributed by atoms with Crippen LogP contribution in [0.4, 0.5) is 11.4 Å². The number of nitrogens with one attached hydrogen (secondary N) is 1. The van der Waals surface area contributed by atoms with Crippen molar-refractivity contribution in [2.24, 2.45) is 0 Å². The third-order valence-electron chi connectivity index (χ3n) is 3.04. The first-order valence-electron chi connectivity index (χ1n) is 6.08. The summed E-state index contributed by atoms with van der Waals surface area (Å²) in [4.78, 5) is 10.5. The molecule has 0 bridgehead atoms. The zero-order valence-electron chi connectivity index (χ0n) is 11.0. The Hall–Kier alpha value is -2.87. The molecule has 0 unspecified atom stereocenters. The molecule has 0 radical (unpaired) electrons. The number of nitrogens with zero attached hydrogens (tertiary/aromatic N) is 2. The van der Waals surface area contributed by atoms with Crippen LogP contribution in [0.1, 0.15) is 16.7 Å². The fraction of sp³-hybridized carbons (Fsp3) is 0.133. The van der Waals surface area contributed by atoms with Gasteiger partial charge in [0.15, 0.2) is 0 Å². The Bertz CT molecular complexity index is 690.